The van der Waals surface area contributed by atoms with E-state index in [1.54, 1.807) is 13.3 Å². The molecule has 0 unspecified atom stereocenters. The van der Waals surface area contributed by atoms with E-state index in [0.29, 0.717) is 0 Å². The fourth-order valence-electron chi connectivity index (χ4n) is 2.55. The van der Waals surface area contributed by atoms with Crippen LogP contribution in [-0.2, 0) is 11.2 Å². The molecule has 0 spiro atoms. The summed E-state index contributed by atoms with van der Waals surface area (Å²) in [7, 11) is 1.63. The topological polar surface area (TPSA) is 64.1 Å². The number of aromatic nitrogens is 2. The van der Waals surface area contributed by atoms with Crippen molar-refractivity contribution in [1.29, 1.82) is 0 Å². The normalized spacial score (nSPS) is 11.8. The van der Waals surface area contributed by atoms with E-state index in [2.05, 4.69) is 15.3 Å². The van der Waals surface area contributed by atoms with Gasteiger partial charge in [-0.25, -0.2) is 4.98 Å². The van der Waals surface area contributed by atoms with Crippen molar-refractivity contribution in [2.24, 2.45) is 0 Å². The molecule has 0 fully saturated rings. The van der Waals surface area contributed by atoms with Crippen molar-refractivity contribution < 1.29 is 9.53 Å². The molecule has 0 saturated carbocycles. The highest BCUT2D eigenvalue weighted by molar-refractivity contribution is 7.13. The molecule has 0 aliphatic carbocycles. The maximum Gasteiger partial charge on any atom is 0.226 e. The average Bonchev–Trinajstić information content (AvgIpc) is 3.10. The smallest absolute Gasteiger partial charge is 0.226 e. The van der Waals surface area contributed by atoms with Crippen LogP contribution in [0.3, 0.4) is 0 Å². The summed E-state index contributed by atoms with van der Waals surface area (Å²) in [4.78, 5) is 21.1. The van der Waals surface area contributed by atoms with Crippen molar-refractivity contribution in [3.8, 4) is 16.5 Å². The first kappa shape index (κ1) is 17.1. The van der Waals surface area contributed by atoms with Crippen molar-refractivity contribution >= 4 is 17.2 Å². The maximum absolute atomic E-state index is 12.3. The van der Waals surface area contributed by atoms with E-state index < -0.39 is 0 Å². The Morgan fingerprint density at radius 1 is 1.24 bits per heavy atom. The standard InChI is InChI=1S/C19H19N3O2S/c1-13(15-7-3-4-9-17(15)24-2)21-18(23)11-14-12-25-19(22-14)16-8-5-6-10-20-16/h3-10,12-13H,11H2,1-2H3,(H,21,23)/t13-/m1/s1. The van der Waals surface area contributed by atoms with Gasteiger partial charge in [-0.3, -0.25) is 9.78 Å². The molecule has 3 rings (SSSR count). The molecule has 1 aromatic carbocycles. The number of methoxy groups -OCH3 is 1. The van der Waals surface area contributed by atoms with Crippen LogP contribution < -0.4 is 10.1 Å². The Morgan fingerprint density at radius 2 is 2.04 bits per heavy atom. The summed E-state index contributed by atoms with van der Waals surface area (Å²) in [6, 6.07) is 13.2. The number of benzene rings is 1. The molecular weight excluding hydrogens is 334 g/mol. The molecule has 1 N–H and O–H groups in total. The minimum Gasteiger partial charge on any atom is -0.496 e. The average molecular weight is 353 g/mol. The van der Waals surface area contributed by atoms with Crippen molar-refractivity contribution in [1.82, 2.24) is 15.3 Å². The molecule has 1 amide bonds. The summed E-state index contributed by atoms with van der Waals surface area (Å²) in [6.07, 6.45) is 1.97. The van der Waals surface area contributed by atoms with Gasteiger partial charge in [0.25, 0.3) is 0 Å². The number of carbonyl (C=O) groups excluding carboxylic acids is 1. The zero-order chi connectivity index (χ0) is 17.6. The molecule has 2 aromatic heterocycles. The van der Waals surface area contributed by atoms with Gasteiger partial charge in [0.15, 0.2) is 0 Å². The second kappa shape index (κ2) is 7.90. The molecular formula is C19H19N3O2S. The van der Waals surface area contributed by atoms with Gasteiger partial charge < -0.3 is 10.1 Å². The number of nitrogens with zero attached hydrogens (tertiary/aromatic N) is 2. The molecule has 0 bridgehead atoms. The van der Waals surface area contributed by atoms with Crippen LogP contribution in [0.15, 0.2) is 54.0 Å². The molecule has 0 aliphatic heterocycles. The van der Waals surface area contributed by atoms with Crippen LogP contribution in [0.4, 0.5) is 0 Å². The molecule has 25 heavy (non-hydrogen) atoms. The number of carbonyl (C=O) groups is 1. The van der Waals surface area contributed by atoms with Gasteiger partial charge in [0.2, 0.25) is 5.91 Å². The van der Waals surface area contributed by atoms with Crippen LogP contribution in [0.2, 0.25) is 0 Å². The lowest BCUT2D eigenvalue weighted by Crippen LogP contribution is -2.28. The number of pyridine rings is 1. The van der Waals surface area contributed by atoms with Gasteiger partial charge in [0, 0.05) is 17.1 Å². The number of thiazole rings is 1. The van der Waals surface area contributed by atoms with E-state index in [-0.39, 0.29) is 18.4 Å². The van der Waals surface area contributed by atoms with E-state index >= 15 is 0 Å². The van der Waals surface area contributed by atoms with Crippen LogP contribution in [0.1, 0.15) is 24.2 Å². The quantitative estimate of drug-likeness (QED) is 0.735. The minimum absolute atomic E-state index is 0.0729. The van der Waals surface area contributed by atoms with E-state index in [1.807, 2.05) is 54.8 Å². The van der Waals surface area contributed by atoms with Crippen molar-refractivity contribution in [2.75, 3.05) is 7.11 Å². The van der Waals surface area contributed by atoms with Gasteiger partial charge in [0.1, 0.15) is 10.8 Å². The molecule has 2 heterocycles. The molecule has 3 aromatic rings. The van der Waals surface area contributed by atoms with Crippen LogP contribution >= 0.6 is 11.3 Å². The number of hydrogen-bond donors (Lipinski definition) is 1. The number of para-hydroxylation sites is 1. The van der Waals surface area contributed by atoms with E-state index in [9.17, 15) is 4.79 Å². The third kappa shape index (κ3) is 4.22. The van der Waals surface area contributed by atoms with Crippen molar-refractivity contribution in [2.45, 2.75) is 19.4 Å². The fraction of sp³-hybridized carbons (Fsp3) is 0.211. The predicted molar refractivity (Wildman–Crippen MR) is 98.6 cm³/mol. The Balaban J connectivity index is 1.64. The summed E-state index contributed by atoms with van der Waals surface area (Å²) in [5, 5.41) is 5.72. The zero-order valence-electron chi connectivity index (χ0n) is 14.1. The molecule has 0 radical (unpaired) electrons. The summed E-state index contributed by atoms with van der Waals surface area (Å²) in [6.45, 7) is 1.94. The Hall–Kier alpha value is -2.73. The molecule has 6 heteroatoms. The Labute approximate surface area is 150 Å². The van der Waals surface area contributed by atoms with Crippen LogP contribution in [-0.4, -0.2) is 23.0 Å². The molecule has 5 nitrogen and oxygen atoms in total. The van der Waals surface area contributed by atoms with Gasteiger partial charge in [-0.1, -0.05) is 24.3 Å². The lowest BCUT2D eigenvalue weighted by molar-refractivity contribution is -0.121. The SMILES string of the molecule is COc1ccccc1[C@@H](C)NC(=O)Cc1csc(-c2ccccn2)n1. The summed E-state index contributed by atoms with van der Waals surface area (Å²) in [5.74, 6) is 0.692. The second-order valence-corrected chi connectivity index (χ2v) is 6.43. The number of rotatable bonds is 6. The lowest BCUT2D eigenvalue weighted by Gasteiger charge is -2.16. The van der Waals surface area contributed by atoms with Crippen molar-refractivity contribution in [3.05, 3.63) is 65.3 Å². The van der Waals surface area contributed by atoms with Gasteiger partial charge in [0.05, 0.1) is 31.0 Å². The number of ether oxygens (including phenoxy) is 1. The Morgan fingerprint density at radius 3 is 2.80 bits per heavy atom. The molecule has 128 valence electrons. The highest BCUT2D eigenvalue weighted by atomic mass is 32.1. The lowest BCUT2D eigenvalue weighted by atomic mass is 10.1. The summed E-state index contributed by atoms with van der Waals surface area (Å²) < 4.78 is 5.35. The number of amides is 1. The van der Waals surface area contributed by atoms with E-state index in [0.717, 1.165) is 27.7 Å². The maximum atomic E-state index is 12.3. The van der Waals surface area contributed by atoms with Crippen molar-refractivity contribution in [3.63, 3.8) is 0 Å². The highest BCUT2D eigenvalue weighted by Gasteiger charge is 2.15. The molecule has 0 aliphatic rings. The van der Waals surface area contributed by atoms with Gasteiger partial charge in [-0.2, -0.15) is 0 Å². The Bertz CT molecular complexity index is 849. The predicted octanol–water partition coefficient (Wildman–Crippen LogP) is 3.63. The summed E-state index contributed by atoms with van der Waals surface area (Å²) >= 11 is 1.49. The summed E-state index contributed by atoms with van der Waals surface area (Å²) in [5.41, 5.74) is 2.52. The Kier molecular flexibility index (Phi) is 5.40. The van der Waals surface area contributed by atoms with Gasteiger partial charge in [-0.05, 0) is 25.1 Å². The van der Waals surface area contributed by atoms with Crippen LogP contribution in [0, 0.1) is 0 Å². The number of hydrogen-bond acceptors (Lipinski definition) is 5. The van der Waals surface area contributed by atoms with Crippen LogP contribution in [0.5, 0.6) is 5.75 Å². The first-order valence-corrected chi connectivity index (χ1v) is 8.83. The first-order chi connectivity index (χ1) is 12.2. The highest BCUT2D eigenvalue weighted by Crippen LogP contribution is 2.25. The second-order valence-electron chi connectivity index (χ2n) is 5.57. The van der Waals surface area contributed by atoms with Gasteiger partial charge >= 0.3 is 0 Å². The monoisotopic (exact) mass is 353 g/mol. The third-order valence-corrected chi connectivity index (χ3v) is 4.67. The fourth-order valence-corrected chi connectivity index (χ4v) is 3.35. The zero-order valence-corrected chi connectivity index (χ0v) is 14.9. The minimum atomic E-state index is -0.141. The number of nitrogens with one attached hydrogen (secondary N) is 1. The third-order valence-electron chi connectivity index (χ3n) is 3.76. The molecule has 0 saturated heterocycles. The van der Waals surface area contributed by atoms with Crippen LogP contribution in [0.25, 0.3) is 10.7 Å². The van der Waals surface area contributed by atoms with Gasteiger partial charge in [-0.15, -0.1) is 11.3 Å². The van der Waals surface area contributed by atoms with E-state index in [4.69, 9.17) is 4.74 Å². The first-order valence-electron chi connectivity index (χ1n) is 7.95. The molecule has 1 atom stereocenters. The van der Waals surface area contributed by atoms with E-state index in [1.165, 1.54) is 11.3 Å². The largest absolute Gasteiger partial charge is 0.496 e.